The van der Waals surface area contributed by atoms with Gasteiger partial charge in [0.2, 0.25) is 0 Å². The molecule has 0 aliphatic heterocycles. The number of hydrogen-bond acceptors (Lipinski definition) is 1. The third kappa shape index (κ3) is 6.47. The van der Waals surface area contributed by atoms with Crippen LogP contribution in [0.3, 0.4) is 0 Å². The fourth-order valence-electron chi connectivity index (χ4n) is 1.73. The van der Waals surface area contributed by atoms with Crippen LogP contribution in [0.4, 0.5) is 0 Å². The molecule has 0 aliphatic rings. The van der Waals surface area contributed by atoms with Gasteiger partial charge >= 0.3 is 0 Å². The summed E-state index contributed by atoms with van der Waals surface area (Å²) in [5.41, 5.74) is 6.04. The smallest absolute Gasteiger partial charge is 0.192 e. The van der Waals surface area contributed by atoms with Gasteiger partial charge in [-0.3, -0.25) is 0 Å². The van der Waals surface area contributed by atoms with Crippen LogP contribution in [0, 0.1) is 0 Å². The Balaban J connectivity index is 2.44. The summed E-state index contributed by atoms with van der Waals surface area (Å²) in [4.78, 5) is 0. The van der Waals surface area contributed by atoms with Crippen LogP contribution in [0.25, 0.3) is 0 Å². The number of aryl methyl sites for hydroxylation is 1. The maximum absolute atomic E-state index is 6.11. The average Bonchev–Trinajstić information content (AvgIpc) is 2.41. The minimum absolute atomic E-state index is 0.271. The van der Waals surface area contributed by atoms with Gasteiger partial charge in [0.1, 0.15) is 0 Å². The largest absolute Gasteiger partial charge is 0.413 e. The number of hydrogen-bond donors (Lipinski definition) is 0. The second kappa shape index (κ2) is 7.79. The molecule has 0 saturated heterocycles. The Labute approximate surface area is 131 Å². The maximum Gasteiger partial charge on any atom is 0.192 e. The molecule has 0 fully saturated rings. The fraction of sp³-hybridized carbons (Fsp3) is 0.526. The second-order valence-corrected chi connectivity index (χ2v) is 12.0. The predicted octanol–water partition coefficient (Wildman–Crippen LogP) is 5.74. The highest BCUT2D eigenvalue weighted by molar-refractivity contribution is 6.74. The topological polar surface area (TPSA) is 9.23 Å². The fourth-order valence-corrected chi connectivity index (χ4v) is 2.66. The van der Waals surface area contributed by atoms with Gasteiger partial charge in [-0.05, 0) is 55.1 Å². The van der Waals surface area contributed by atoms with E-state index in [-0.39, 0.29) is 5.04 Å². The summed E-state index contributed by atoms with van der Waals surface area (Å²) >= 11 is 0. The Bertz CT molecular complexity index is 488. The van der Waals surface area contributed by atoms with Crippen molar-refractivity contribution in [1.29, 1.82) is 0 Å². The highest BCUT2D eigenvalue weighted by atomic mass is 28.4. The van der Waals surface area contributed by atoms with Crippen LogP contribution in [-0.2, 0) is 10.8 Å². The third-order valence-electron chi connectivity index (χ3n) is 4.31. The normalized spacial score (nSPS) is 11.9. The lowest BCUT2D eigenvalue weighted by Gasteiger charge is -2.35. The van der Waals surface area contributed by atoms with Crippen molar-refractivity contribution in [3.63, 3.8) is 0 Å². The first-order valence-electron chi connectivity index (χ1n) is 7.81. The quantitative estimate of drug-likeness (QED) is 0.481. The van der Waals surface area contributed by atoms with Crippen LogP contribution in [0.15, 0.2) is 47.7 Å². The summed E-state index contributed by atoms with van der Waals surface area (Å²) in [5, 5.41) is 0.271. The van der Waals surface area contributed by atoms with E-state index in [4.69, 9.17) is 4.43 Å². The first-order chi connectivity index (χ1) is 9.72. The Kier molecular flexibility index (Phi) is 6.67. The van der Waals surface area contributed by atoms with E-state index in [1.807, 2.05) is 6.08 Å². The molecule has 0 N–H and O–H groups in total. The zero-order chi connectivity index (χ0) is 15.9. The van der Waals surface area contributed by atoms with Gasteiger partial charge in [-0.25, -0.2) is 0 Å². The molecule has 116 valence electrons. The highest BCUT2D eigenvalue weighted by Gasteiger charge is 2.36. The minimum Gasteiger partial charge on any atom is -0.413 e. The van der Waals surface area contributed by atoms with E-state index < -0.39 is 8.32 Å². The summed E-state index contributed by atoms with van der Waals surface area (Å²) in [6.45, 7) is 14.2. The Morgan fingerprint density at radius 1 is 1.19 bits per heavy atom. The highest BCUT2D eigenvalue weighted by Crippen LogP contribution is 2.36. The summed E-state index contributed by atoms with van der Waals surface area (Å²) in [6.07, 6.45) is 4.18. The van der Waals surface area contributed by atoms with E-state index in [1.165, 1.54) is 11.1 Å². The molecule has 0 radical (unpaired) electrons. The molecule has 0 heterocycles. The molecule has 0 unspecified atom stereocenters. The van der Waals surface area contributed by atoms with Gasteiger partial charge in [0.05, 0.1) is 6.61 Å². The van der Waals surface area contributed by atoms with E-state index in [1.54, 1.807) is 0 Å². The number of benzene rings is 1. The Morgan fingerprint density at radius 2 is 1.81 bits per heavy atom. The average molecular weight is 303 g/mol. The number of rotatable bonds is 6. The molecule has 21 heavy (non-hydrogen) atoms. The summed E-state index contributed by atoms with van der Waals surface area (Å²) in [7, 11) is -1.63. The van der Waals surface area contributed by atoms with Gasteiger partial charge in [-0.15, -0.1) is 5.73 Å². The van der Waals surface area contributed by atoms with Crippen LogP contribution >= 0.6 is 0 Å². The van der Waals surface area contributed by atoms with Gasteiger partial charge in [-0.1, -0.05) is 51.1 Å². The molecule has 0 amide bonds. The van der Waals surface area contributed by atoms with E-state index in [0.29, 0.717) is 6.61 Å². The van der Waals surface area contributed by atoms with Crippen LogP contribution < -0.4 is 0 Å². The van der Waals surface area contributed by atoms with E-state index >= 15 is 0 Å². The summed E-state index contributed by atoms with van der Waals surface area (Å²) < 4.78 is 6.11. The predicted molar refractivity (Wildman–Crippen MR) is 95.2 cm³/mol. The Hall–Kier alpha value is -1.08. The van der Waals surface area contributed by atoms with Gasteiger partial charge in [0.15, 0.2) is 8.32 Å². The molecule has 0 saturated carbocycles. The Morgan fingerprint density at radius 3 is 2.38 bits per heavy atom. The van der Waals surface area contributed by atoms with Crippen LogP contribution in [0.2, 0.25) is 18.1 Å². The second-order valence-electron chi connectivity index (χ2n) is 7.19. The van der Waals surface area contributed by atoms with Crippen molar-refractivity contribution in [2.75, 3.05) is 6.61 Å². The lowest BCUT2D eigenvalue weighted by molar-refractivity contribution is 0.328. The van der Waals surface area contributed by atoms with Crippen molar-refractivity contribution >= 4 is 8.32 Å². The van der Waals surface area contributed by atoms with Gasteiger partial charge < -0.3 is 4.43 Å². The molecule has 2 heteroatoms. The van der Waals surface area contributed by atoms with Crippen molar-refractivity contribution in [1.82, 2.24) is 0 Å². The summed E-state index contributed by atoms with van der Waals surface area (Å²) in [6, 6.07) is 10.6. The van der Waals surface area contributed by atoms with E-state index in [9.17, 15) is 0 Å². The molecular weight excluding hydrogens is 272 g/mol. The molecule has 0 aromatic heterocycles. The van der Waals surface area contributed by atoms with Crippen LogP contribution in [0.1, 0.15) is 39.7 Å². The molecule has 1 nitrogen and oxygen atoms in total. The zero-order valence-electron chi connectivity index (χ0n) is 14.5. The van der Waals surface area contributed by atoms with Crippen LogP contribution in [-0.4, -0.2) is 14.9 Å². The van der Waals surface area contributed by atoms with Gasteiger partial charge in [-0.2, -0.15) is 0 Å². The first kappa shape index (κ1) is 18.0. The van der Waals surface area contributed by atoms with Crippen molar-refractivity contribution in [3.05, 3.63) is 53.3 Å². The van der Waals surface area contributed by atoms with Crippen LogP contribution in [0.5, 0.6) is 0 Å². The molecule has 1 aromatic carbocycles. The molecule has 1 rings (SSSR count). The zero-order valence-corrected chi connectivity index (χ0v) is 15.5. The molecule has 0 spiro atoms. The molecule has 0 aliphatic carbocycles. The van der Waals surface area contributed by atoms with Crippen molar-refractivity contribution in [2.45, 2.75) is 58.7 Å². The van der Waals surface area contributed by atoms with Crippen molar-refractivity contribution in [3.8, 4) is 0 Å². The lowest BCUT2D eigenvalue weighted by atomic mass is 10.1. The van der Waals surface area contributed by atoms with Gasteiger partial charge in [0.25, 0.3) is 0 Å². The van der Waals surface area contributed by atoms with Crippen molar-refractivity contribution < 1.29 is 4.43 Å². The summed E-state index contributed by atoms with van der Waals surface area (Å²) in [5.74, 6) is 0. The maximum atomic E-state index is 6.11. The van der Waals surface area contributed by atoms with Crippen molar-refractivity contribution in [2.24, 2.45) is 0 Å². The standard InChI is InChI=1S/C19H30OSi/c1-17(14-15-18-12-8-7-9-13-18)11-10-16-20-21(5,6)19(2,3)4/h7-10,12-13H,14-16H2,1-6H3. The van der Waals surface area contributed by atoms with Gasteiger partial charge in [0, 0.05) is 0 Å². The SMILES string of the molecule is CC(=C=CCO[Si](C)(C)C(C)(C)C)CCc1ccccc1. The molecule has 0 bridgehead atoms. The monoisotopic (exact) mass is 302 g/mol. The molecule has 0 atom stereocenters. The third-order valence-corrected chi connectivity index (χ3v) is 8.81. The molecular formula is C19H30OSi. The lowest BCUT2D eigenvalue weighted by Crippen LogP contribution is -2.40. The first-order valence-corrected chi connectivity index (χ1v) is 10.7. The van der Waals surface area contributed by atoms with E-state index in [0.717, 1.165) is 12.8 Å². The minimum atomic E-state index is -1.63. The molecule has 1 aromatic rings. The van der Waals surface area contributed by atoms with E-state index in [2.05, 4.69) is 76.9 Å².